The molecule has 0 saturated heterocycles. The van der Waals surface area contributed by atoms with E-state index < -0.39 is 0 Å². The summed E-state index contributed by atoms with van der Waals surface area (Å²) in [5.74, 6) is 0.897. The third-order valence-corrected chi connectivity index (χ3v) is 4.73. The number of halogens is 1. The molecule has 4 rings (SSSR count). The molecule has 6 heteroatoms. The van der Waals surface area contributed by atoms with Crippen molar-refractivity contribution >= 4 is 12.4 Å². The summed E-state index contributed by atoms with van der Waals surface area (Å²) in [6.07, 6.45) is 7.40. The van der Waals surface area contributed by atoms with Gasteiger partial charge in [-0.25, -0.2) is 0 Å². The molecule has 0 amide bonds. The van der Waals surface area contributed by atoms with Crippen LogP contribution in [0.1, 0.15) is 22.3 Å². The van der Waals surface area contributed by atoms with Gasteiger partial charge in [0.15, 0.2) is 0 Å². The number of nitrogens with one attached hydrogen (secondary N) is 1. The topological polar surface area (TPSA) is 52.0 Å². The minimum absolute atomic E-state index is 0. The van der Waals surface area contributed by atoms with Crippen LogP contribution in [0.5, 0.6) is 5.75 Å². The molecule has 0 aliphatic carbocycles. The zero-order valence-corrected chi connectivity index (χ0v) is 17.5. The van der Waals surface area contributed by atoms with E-state index in [0.29, 0.717) is 6.61 Å². The molecule has 0 unspecified atom stereocenters. The summed E-state index contributed by atoms with van der Waals surface area (Å²) in [4.78, 5) is 4.14. The summed E-state index contributed by atoms with van der Waals surface area (Å²) in [6, 6.07) is 22.5. The first-order valence-corrected chi connectivity index (χ1v) is 9.73. The van der Waals surface area contributed by atoms with Gasteiger partial charge in [-0.05, 0) is 29.3 Å². The highest BCUT2D eigenvalue weighted by atomic mass is 35.5. The summed E-state index contributed by atoms with van der Waals surface area (Å²) in [5, 5.41) is 7.87. The maximum atomic E-state index is 6.03. The van der Waals surface area contributed by atoms with Gasteiger partial charge in [0.25, 0.3) is 0 Å². The van der Waals surface area contributed by atoms with Crippen LogP contribution in [0.3, 0.4) is 0 Å². The number of hydrogen-bond acceptors (Lipinski definition) is 4. The summed E-state index contributed by atoms with van der Waals surface area (Å²) in [6.45, 7) is 2.81. The van der Waals surface area contributed by atoms with Crippen LogP contribution in [0.25, 0.3) is 0 Å². The van der Waals surface area contributed by atoms with Gasteiger partial charge in [-0.15, -0.1) is 12.4 Å². The minimum Gasteiger partial charge on any atom is -0.489 e. The average Bonchev–Trinajstić information content (AvgIpc) is 3.28. The van der Waals surface area contributed by atoms with E-state index >= 15 is 0 Å². The molecule has 2 heterocycles. The predicted octanol–water partition coefficient (Wildman–Crippen LogP) is 4.62. The van der Waals surface area contributed by atoms with Gasteiger partial charge < -0.3 is 10.1 Å². The number of nitrogens with zero attached hydrogens (tertiary/aromatic N) is 3. The lowest BCUT2D eigenvalue weighted by molar-refractivity contribution is 0.301. The zero-order valence-electron chi connectivity index (χ0n) is 16.6. The molecule has 1 N–H and O–H groups in total. The van der Waals surface area contributed by atoms with Gasteiger partial charge in [-0.2, -0.15) is 5.10 Å². The van der Waals surface area contributed by atoms with Gasteiger partial charge in [0, 0.05) is 49.0 Å². The first-order chi connectivity index (χ1) is 14.4. The maximum absolute atomic E-state index is 6.03. The molecule has 0 aliphatic heterocycles. The summed E-state index contributed by atoms with van der Waals surface area (Å²) in [5.41, 5.74) is 4.74. The Morgan fingerprint density at radius 3 is 2.33 bits per heavy atom. The van der Waals surface area contributed by atoms with Gasteiger partial charge in [0.2, 0.25) is 0 Å². The molecule has 0 radical (unpaired) electrons. The highest BCUT2D eigenvalue weighted by Crippen LogP contribution is 2.19. The van der Waals surface area contributed by atoms with Gasteiger partial charge >= 0.3 is 0 Å². The number of hydrogen-bond donors (Lipinski definition) is 1. The quantitative estimate of drug-likeness (QED) is 0.429. The lowest BCUT2D eigenvalue weighted by Gasteiger charge is -2.14. The lowest BCUT2D eigenvalue weighted by atomic mass is 10.1. The van der Waals surface area contributed by atoms with E-state index in [9.17, 15) is 0 Å². The number of rotatable bonds is 9. The molecule has 0 aliphatic rings. The van der Waals surface area contributed by atoms with Crippen LogP contribution in [0.4, 0.5) is 0 Å². The summed E-state index contributed by atoms with van der Waals surface area (Å²) in [7, 11) is 0. The molecule has 2 aromatic carbocycles. The molecular formula is C24H25ClN4O. The number of benzene rings is 2. The first-order valence-electron chi connectivity index (χ1n) is 9.73. The third kappa shape index (κ3) is 5.92. The third-order valence-electron chi connectivity index (χ3n) is 4.73. The normalized spacial score (nSPS) is 10.4. The Balaban J connectivity index is 0.00000256. The minimum atomic E-state index is 0. The van der Waals surface area contributed by atoms with Gasteiger partial charge in [0.1, 0.15) is 12.4 Å². The first kappa shape index (κ1) is 21.6. The van der Waals surface area contributed by atoms with Crippen LogP contribution >= 0.6 is 12.4 Å². The fourth-order valence-corrected chi connectivity index (χ4v) is 3.22. The van der Waals surface area contributed by atoms with Crippen LogP contribution in [0.2, 0.25) is 0 Å². The molecule has 0 spiro atoms. The molecule has 0 bridgehead atoms. The van der Waals surface area contributed by atoms with Crippen LogP contribution in [-0.2, 0) is 26.2 Å². The number of para-hydroxylation sites is 1. The molecule has 0 atom stereocenters. The predicted molar refractivity (Wildman–Crippen MR) is 121 cm³/mol. The summed E-state index contributed by atoms with van der Waals surface area (Å²) < 4.78 is 7.97. The van der Waals surface area contributed by atoms with E-state index in [1.165, 1.54) is 11.1 Å². The molecule has 2 aromatic heterocycles. The van der Waals surface area contributed by atoms with Crippen molar-refractivity contribution < 1.29 is 4.74 Å². The van der Waals surface area contributed by atoms with Crippen LogP contribution in [-0.4, -0.2) is 14.8 Å². The molecule has 0 saturated carbocycles. The van der Waals surface area contributed by atoms with Crippen LogP contribution in [0.15, 0.2) is 91.5 Å². The second-order valence-electron chi connectivity index (χ2n) is 6.83. The Kier molecular flexibility index (Phi) is 8.01. The largest absolute Gasteiger partial charge is 0.489 e. The fourth-order valence-electron chi connectivity index (χ4n) is 3.22. The number of aromatic nitrogens is 3. The molecule has 0 fully saturated rings. The Labute approximate surface area is 183 Å². The second-order valence-corrected chi connectivity index (χ2v) is 6.83. The van der Waals surface area contributed by atoms with Gasteiger partial charge in [-0.3, -0.25) is 9.67 Å². The fraction of sp³-hybridized carbons (Fsp3) is 0.167. The van der Waals surface area contributed by atoms with Crippen LogP contribution < -0.4 is 10.1 Å². The van der Waals surface area contributed by atoms with Crippen molar-refractivity contribution in [3.63, 3.8) is 0 Å². The van der Waals surface area contributed by atoms with Gasteiger partial charge in [-0.1, -0.05) is 48.5 Å². The van der Waals surface area contributed by atoms with E-state index in [0.717, 1.165) is 36.5 Å². The SMILES string of the molecule is Cl.c1cncc(COc2ccccc2CNCc2ccccc2Cn2cccn2)c1. The Hall–Kier alpha value is -3.15. The lowest BCUT2D eigenvalue weighted by Crippen LogP contribution is -2.15. The Bertz CT molecular complexity index is 1020. The van der Waals surface area contributed by atoms with Crippen LogP contribution in [0, 0.1) is 0 Å². The smallest absolute Gasteiger partial charge is 0.124 e. The average molecular weight is 421 g/mol. The Morgan fingerprint density at radius 2 is 1.57 bits per heavy atom. The zero-order chi connectivity index (χ0) is 19.7. The molecular weight excluding hydrogens is 396 g/mol. The van der Waals surface area contributed by atoms with Crippen molar-refractivity contribution in [2.75, 3.05) is 0 Å². The molecule has 5 nitrogen and oxygen atoms in total. The van der Waals surface area contributed by atoms with E-state index in [4.69, 9.17) is 4.74 Å². The second kappa shape index (κ2) is 11.1. The molecule has 4 aromatic rings. The van der Waals surface area contributed by atoms with E-state index in [1.54, 1.807) is 6.20 Å². The number of ether oxygens (including phenoxy) is 1. The Morgan fingerprint density at radius 1 is 0.800 bits per heavy atom. The van der Waals surface area contributed by atoms with Gasteiger partial charge in [0.05, 0.1) is 6.54 Å². The van der Waals surface area contributed by atoms with Crippen molar-refractivity contribution in [3.8, 4) is 5.75 Å². The van der Waals surface area contributed by atoms with Crippen molar-refractivity contribution in [3.05, 3.63) is 114 Å². The number of pyridine rings is 1. The molecule has 154 valence electrons. The van der Waals surface area contributed by atoms with Crippen molar-refractivity contribution in [1.82, 2.24) is 20.1 Å². The van der Waals surface area contributed by atoms with Crippen molar-refractivity contribution in [1.29, 1.82) is 0 Å². The summed E-state index contributed by atoms with van der Waals surface area (Å²) >= 11 is 0. The van der Waals surface area contributed by atoms with E-state index in [-0.39, 0.29) is 12.4 Å². The van der Waals surface area contributed by atoms with Crippen molar-refractivity contribution in [2.24, 2.45) is 0 Å². The van der Waals surface area contributed by atoms with E-state index in [2.05, 4.69) is 45.7 Å². The standard InChI is InChI=1S/C24H24N4O.ClH/c1-2-10-23(18-28-14-6-13-27-28)21(8-1)16-26-17-22-9-3-4-11-24(22)29-19-20-7-5-12-25-15-20;/h1-15,26H,16-19H2;1H. The monoisotopic (exact) mass is 420 g/mol. The highest BCUT2D eigenvalue weighted by molar-refractivity contribution is 5.85. The maximum Gasteiger partial charge on any atom is 0.124 e. The van der Waals surface area contributed by atoms with E-state index in [1.807, 2.05) is 59.7 Å². The molecule has 30 heavy (non-hydrogen) atoms. The highest BCUT2D eigenvalue weighted by Gasteiger charge is 2.06. The van der Waals surface area contributed by atoms with Crippen molar-refractivity contribution in [2.45, 2.75) is 26.2 Å².